The summed E-state index contributed by atoms with van der Waals surface area (Å²) in [5.74, 6) is -5.31. The molecule has 1 aromatic heterocycles. The molecule has 3 rings (SSSR count). The van der Waals surface area contributed by atoms with E-state index in [9.17, 15) is 35.9 Å². The van der Waals surface area contributed by atoms with Crippen LogP contribution in [0.15, 0.2) is 42.5 Å². The molecule has 0 saturated carbocycles. The molecule has 42 heavy (non-hydrogen) atoms. The van der Waals surface area contributed by atoms with E-state index >= 15 is 0 Å². The highest BCUT2D eigenvalue weighted by Crippen LogP contribution is 2.20. The third kappa shape index (κ3) is 12.3. The number of nitrogens with two attached hydrogens (primary N) is 3. The van der Waals surface area contributed by atoms with Crippen molar-refractivity contribution in [3.8, 4) is 0 Å². The minimum absolute atomic E-state index is 0.195. The number of nitrogen functional groups attached to an aromatic ring is 2. The maximum Gasteiger partial charge on any atom is 0.490 e. The Morgan fingerprint density at radius 2 is 1.40 bits per heavy atom. The molecule has 12 nitrogen and oxygen atoms in total. The van der Waals surface area contributed by atoms with Gasteiger partial charge in [-0.25, -0.2) is 14.6 Å². The van der Waals surface area contributed by atoms with E-state index in [1.807, 2.05) is 30.3 Å². The Hall–Kier alpha value is -4.61. The molecule has 2 amide bonds. The number of aromatic nitrogens is 1. The minimum Gasteiger partial charge on any atom is -0.475 e. The summed E-state index contributed by atoms with van der Waals surface area (Å²) in [6, 6.07) is 11.8. The van der Waals surface area contributed by atoms with Gasteiger partial charge in [0.1, 0.15) is 17.7 Å². The number of pyridine rings is 1. The molecule has 0 unspecified atom stereocenters. The number of carboxylic acid groups (broad SMARTS) is 2. The summed E-state index contributed by atoms with van der Waals surface area (Å²) < 4.78 is 63.5. The van der Waals surface area contributed by atoms with Gasteiger partial charge in [0.15, 0.2) is 0 Å². The number of rotatable bonds is 6. The number of benzene rings is 1. The van der Waals surface area contributed by atoms with E-state index in [0.29, 0.717) is 31.0 Å². The van der Waals surface area contributed by atoms with Crippen LogP contribution in [0.25, 0.3) is 0 Å². The molecule has 2 aromatic rings. The average Bonchev–Trinajstić information content (AvgIpc) is 3.36. The Labute approximate surface area is 234 Å². The Kier molecular flexibility index (Phi) is 13.0. The van der Waals surface area contributed by atoms with Gasteiger partial charge in [0, 0.05) is 13.1 Å². The molecule has 0 radical (unpaired) electrons. The second-order valence-electron chi connectivity index (χ2n) is 8.63. The van der Waals surface area contributed by atoms with Crippen LogP contribution in [0.3, 0.4) is 0 Å². The van der Waals surface area contributed by atoms with Crippen molar-refractivity contribution in [2.75, 3.05) is 18.0 Å². The third-order valence-electron chi connectivity index (χ3n) is 5.33. The number of aliphatic carboxylic acids is 2. The zero-order chi connectivity index (χ0) is 32.3. The number of amides is 2. The van der Waals surface area contributed by atoms with Gasteiger partial charge in [-0.05, 0) is 42.5 Å². The smallest absolute Gasteiger partial charge is 0.475 e. The van der Waals surface area contributed by atoms with Crippen LogP contribution in [-0.4, -0.2) is 74.8 Å². The Morgan fingerprint density at radius 1 is 0.929 bits per heavy atom. The Morgan fingerprint density at radius 3 is 1.86 bits per heavy atom. The number of hydrogen-bond donors (Lipinski definition) is 6. The first kappa shape index (κ1) is 35.4. The van der Waals surface area contributed by atoms with Crippen LogP contribution >= 0.6 is 0 Å². The maximum atomic E-state index is 12.8. The van der Waals surface area contributed by atoms with Crippen molar-refractivity contribution in [1.82, 2.24) is 15.2 Å². The monoisotopic (exact) mass is 610 g/mol. The van der Waals surface area contributed by atoms with Gasteiger partial charge in [-0.15, -0.1) is 0 Å². The van der Waals surface area contributed by atoms with Crippen LogP contribution in [0, 0.1) is 0 Å². The van der Waals surface area contributed by atoms with Crippen LogP contribution < -0.4 is 22.5 Å². The van der Waals surface area contributed by atoms with Crippen molar-refractivity contribution in [2.24, 2.45) is 5.73 Å². The summed E-state index contributed by atoms with van der Waals surface area (Å²) in [5.41, 5.74) is 19.2. The van der Waals surface area contributed by atoms with E-state index in [2.05, 4.69) is 10.3 Å². The van der Waals surface area contributed by atoms with Crippen LogP contribution in [0.2, 0.25) is 0 Å². The first-order valence-corrected chi connectivity index (χ1v) is 11.8. The number of nitrogens with zero attached hydrogens (tertiary/aromatic N) is 2. The highest BCUT2D eigenvalue weighted by atomic mass is 19.4. The molecular formula is C24H28F6N6O6. The van der Waals surface area contributed by atoms with E-state index in [0.717, 1.165) is 17.5 Å². The highest BCUT2D eigenvalue weighted by Gasteiger charge is 2.39. The summed E-state index contributed by atoms with van der Waals surface area (Å²) in [5, 5.41) is 17.1. The lowest BCUT2D eigenvalue weighted by Gasteiger charge is -2.26. The predicted octanol–water partition coefficient (Wildman–Crippen LogP) is 1.69. The standard InChI is InChI=1S/C20H26N6O2.2C2HF3O2/c21-15(9-13-5-2-1-3-6-13)20(28)26-8-4-7-16(26)19(27)24-12-14-10-17(22)25-18(23)11-14;2*3-2(4,5)1(6)7/h1-3,5-6,10-11,15-16H,4,7-9,12,21H2,(H,24,27)(H4,22,23,25);2*(H,6,7)/t15-,16+;;/m1../s1. The van der Waals surface area contributed by atoms with Gasteiger partial charge < -0.3 is 37.6 Å². The molecule has 0 spiro atoms. The highest BCUT2D eigenvalue weighted by molar-refractivity contribution is 5.90. The van der Waals surface area contributed by atoms with Crippen molar-refractivity contribution in [1.29, 1.82) is 0 Å². The van der Waals surface area contributed by atoms with Crippen LogP contribution in [0.1, 0.15) is 24.0 Å². The number of carboxylic acids is 2. The lowest BCUT2D eigenvalue weighted by molar-refractivity contribution is -0.193. The van der Waals surface area contributed by atoms with E-state index in [-0.39, 0.29) is 18.4 Å². The summed E-state index contributed by atoms with van der Waals surface area (Å²) in [4.78, 5) is 48.8. The molecule has 1 aliphatic rings. The fourth-order valence-corrected chi connectivity index (χ4v) is 3.52. The largest absolute Gasteiger partial charge is 0.490 e. The van der Waals surface area contributed by atoms with Crippen molar-refractivity contribution < 1.29 is 55.7 Å². The molecular weight excluding hydrogens is 582 g/mol. The second-order valence-corrected chi connectivity index (χ2v) is 8.63. The van der Waals surface area contributed by atoms with E-state index < -0.39 is 36.4 Å². The number of likely N-dealkylation sites (tertiary alicyclic amines) is 1. The molecule has 0 bridgehead atoms. The Balaban J connectivity index is 0.000000522. The van der Waals surface area contributed by atoms with Crippen molar-refractivity contribution in [3.63, 3.8) is 0 Å². The SMILES string of the molecule is Nc1cc(CNC(=O)[C@@H]2CCCN2C(=O)[C@H](N)Cc2ccccc2)cc(N)n1.O=C(O)C(F)(F)F.O=C(O)C(F)(F)F. The van der Waals surface area contributed by atoms with Gasteiger partial charge in [-0.2, -0.15) is 26.3 Å². The Bertz CT molecular complexity index is 1180. The first-order chi connectivity index (χ1) is 19.3. The molecule has 9 N–H and O–H groups in total. The van der Waals surface area contributed by atoms with Crippen molar-refractivity contribution in [2.45, 2.75) is 50.2 Å². The molecule has 1 aromatic carbocycles. The lowest BCUT2D eigenvalue weighted by atomic mass is 10.1. The summed E-state index contributed by atoms with van der Waals surface area (Å²) in [6.45, 7) is 0.804. The van der Waals surface area contributed by atoms with E-state index in [1.165, 1.54) is 0 Å². The number of carbonyl (C=O) groups is 4. The second kappa shape index (κ2) is 15.4. The van der Waals surface area contributed by atoms with E-state index in [1.54, 1.807) is 17.0 Å². The first-order valence-electron chi connectivity index (χ1n) is 11.8. The van der Waals surface area contributed by atoms with Gasteiger partial charge in [-0.3, -0.25) is 9.59 Å². The maximum absolute atomic E-state index is 12.8. The van der Waals surface area contributed by atoms with Gasteiger partial charge in [0.2, 0.25) is 11.8 Å². The van der Waals surface area contributed by atoms with Gasteiger partial charge in [0.05, 0.1) is 6.04 Å². The average molecular weight is 611 g/mol. The minimum atomic E-state index is -5.08. The summed E-state index contributed by atoms with van der Waals surface area (Å²) >= 11 is 0. The molecule has 18 heteroatoms. The normalized spacial score (nSPS) is 15.3. The number of carbonyl (C=O) groups excluding carboxylic acids is 2. The van der Waals surface area contributed by atoms with Crippen LogP contribution in [0.5, 0.6) is 0 Å². The molecule has 2 heterocycles. The fourth-order valence-electron chi connectivity index (χ4n) is 3.52. The van der Waals surface area contributed by atoms with Gasteiger partial charge in [-0.1, -0.05) is 30.3 Å². The number of halogens is 6. The molecule has 232 valence electrons. The van der Waals surface area contributed by atoms with Crippen LogP contribution in [-0.2, 0) is 32.1 Å². The van der Waals surface area contributed by atoms with Gasteiger partial charge in [0.25, 0.3) is 0 Å². The fraction of sp³-hybridized carbons (Fsp3) is 0.375. The summed E-state index contributed by atoms with van der Waals surface area (Å²) in [7, 11) is 0. The van der Waals surface area contributed by atoms with E-state index in [4.69, 9.17) is 37.0 Å². The molecule has 1 aliphatic heterocycles. The quantitative estimate of drug-likeness (QED) is 0.260. The molecule has 2 atom stereocenters. The molecule has 1 fully saturated rings. The number of anilines is 2. The number of nitrogens with one attached hydrogen (secondary N) is 1. The third-order valence-corrected chi connectivity index (χ3v) is 5.33. The topological polar surface area (TPSA) is 215 Å². The van der Waals surface area contributed by atoms with Crippen molar-refractivity contribution in [3.05, 3.63) is 53.6 Å². The summed E-state index contributed by atoms with van der Waals surface area (Å²) in [6.07, 6.45) is -8.33. The lowest BCUT2D eigenvalue weighted by Crippen LogP contribution is -2.51. The number of alkyl halides is 6. The molecule has 1 saturated heterocycles. The zero-order valence-corrected chi connectivity index (χ0v) is 21.7. The van der Waals surface area contributed by atoms with Crippen molar-refractivity contribution >= 4 is 35.4 Å². The number of hydrogen-bond acceptors (Lipinski definition) is 8. The predicted molar refractivity (Wildman–Crippen MR) is 135 cm³/mol. The van der Waals surface area contributed by atoms with Crippen LogP contribution in [0.4, 0.5) is 38.0 Å². The molecule has 0 aliphatic carbocycles. The zero-order valence-electron chi connectivity index (χ0n) is 21.7. The van der Waals surface area contributed by atoms with Gasteiger partial charge >= 0.3 is 24.3 Å².